The fraction of sp³-hybridized carbons (Fsp3) is 0.0196. The first-order valence-electron chi connectivity index (χ1n) is 18.9. The second kappa shape index (κ2) is 12.2. The number of fused-ring (bicyclic) bond motifs is 14. The monoisotopic (exact) mass is 752 g/mol. The number of hydrogen-bond acceptors (Lipinski definition) is 5. The van der Waals surface area contributed by atoms with Crippen molar-refractivity contribution in [1.29, 1.82) is 0 Å². The third kappa shape index (κ3) is 4.38. The molecule has 0 bridgehead atoms. The molecule has 56 heavy (non-hydrogen) atoms. The molecule has 0 N–H and O–H groups in total. The minimum Gasteiger partial charge on any atom is -0.455 e. The van der Waals surface area contributed by atoms with Crippen molar-refractivity contribution < 1.29 is 4.42 Å². The average Bonchev–Trinajstić information content (AvgIpc) is 4.11. The van der Waals surface area contributed by atoms with Crippen LogP contribution in [0.2, 0.25) is 0 Å². The second-order valence-corrected chi connectivity index (χ2v) is 16.3. The van der Waals surface area contributed by atoms with E-state index in [0.717, 1.165) is 44.7 Å². The molecular weight excluding hydrogens is 721 g/mol. The molecule has 7 aromatic carbocycles. The molecular formula is C51H32N2OS2. The van der Waals surface area contributed by atoms with Gasteiger partial charge in [0.25, 0.3) is 0 Å². The Hall–Kier alpha value is -6.66. The summed E-state index contributed by atoms with van der Waals surface area (Å²) in [4.78, 5) is 4.79. The SMILES string of the molecule is c1ccc(N(c2ccc3c(c2)C2(c4cc(N(c5ccccc5)c5cccs5)ccc4-3)c3ccccc3-c3c2ccc2c3oc3ccccc32)c2cccs2)cc1. The van der Waals surface area contributed by atoms with Crippen LogP contribution in [0.3, 0.4) is 0 Å². The molecule has 2 aliphatic carbocycles. The highest BCUT2D eigenvalue weighted by atomic mass is 32.1. The molecule has 0 amide bonds. The summed E-state index contributed by atoms with van der Waals surface area (Å²) in [6, 6.07) is 66.5. The topological polar surface area (TPSA) is 19.6 Å². The summed E-state index contributed by atoms with van der Waals surface area (Å²) in [5.74, 6) is 0. The number of nitrogens with zero attached hydrogens (tertiary/aromatic N) is 2. The first-order valence-corrected chi connectivity index (χ1v) is 20.7. The molecule has 3 aromatic heterocycles. The molecule has 0 radical (unpaired) electrons. The number of benzene rings is 7. The third-order valence-corrected chi connectivity index (χ3v) is 13.4. The van der Waals surface area contributed by atoms with E-state index in [1.54, 1.807) is 22.7 Å². The van der Waals surface area contributed by atoms with Gasteiger partial charge in [0.2, 0.25) is 0 Å². The van der Waals surface area contributed by atoms with E-state index in [-0.39, 0.29) is 0 Å². The van der Waals surface area contributed by atoms with Crippen LogP contribution in [0.5, 0.6) is 0 Å². The Labute approximate surface area is 332 Å². The molecule has 0 unspecified atom stereocenters. The van der Waals surface area contributed by atoms with Crippen molar-refractivity contribution in [2.24, 2.45) is 0 Å². The molecule has 3 nitrogen and oxygen atoms in total. The van der Waals surface area contributed by atoms with E-state index in [4.69, 9.17) is 4.42 Å². The van der Waals surface area contributed by atoms with E-state index in [1.165, 1.54) is 54.5 Å². The Morgan fingerprint density at radius 1 is 0.393 bits per heavy atom. The molecule has 0 fully saturated rings. The first-order chi connectivity index (χ1) is 27.8. The molecule has 0 aliphatic heterocycles. The van der Waals surface area contributed by atoms with Crippen molar-refractivity contribution in [3.8, 4) is 22.3 Å². The number of anilines is 6. The Kier molecular flexibility index (Phi) is 6.88. The fourth-order valence-electron chi connectivity index (χ4n) is 9.46. The highest BCUT2D eigenvalue weighted by Gasteiger charge is 2.53. The van der Waals surface area contributed by atoms with E-state index in [9.17, 15) is 0 Å². The summed E-state index contributed by atoms with van der Waals surface area (Å²) in [7, 11) is 0. The maximum absolute atomic E-state index is 6.85. The largest absolute Gasteiger partial charge is 0.455 e. The smallest absolute Gasteiger partial charge is 0.143 e. The van der Waals surface area contributed by atoms with Gasteiger partial charge in [0.15, 0.2) is 0 Å². The van der Waals surface area contributed by atoms with Gasteiger partial charge in [-0.3, -0.25) is 0 Å². The zero-order valence-electron chi connectivity index (χ0n) is 30.1. The van der Waals surface area contributed by atoms with Crippen LogP contribution in [0, 0.1) is 0 Å². The molecule has 10 aromatic rings. The van der Waals surface area contributed by atoms with Crippen LogP contribution < -0.4 is 9.80 Å². The Morgan fingerprint density at radius 3 is 1.57 bits per heavy atom. The van der Waals surface area contributed by atoms with Gasteiger partial charge in [0.1, 0.15) is 11.2 Å². The van der Waals surface area contributed by atoms with Crippen molar-refractivity contribution in [2.75, 3.05) is 9.80 Å². The number of para-hydroxylation sites is 3. The predicted molar refractivity (Wildman–Crippen MR) is 235 cm³/mol. The maximum Gasteiger partial charge on any atom is 0.143 e. The molecule has 1 spiro atoms. The van der Waals surface area contributed by atoms with Gasteiger partial charge in [-0.1, -0.05) is 103 Å². The normalized spacial score (nSPS) is 13.1. The van der Waals surface area contributed by atoms with Crippen molar-refractivity contribution in [3.63, 3.8) is 0 Å². The lowest BCUT2D eigenvalue weighted by Crippen LogP contribution is -2.26. The summed E-state index contributed by atoms with van der Waals surface area (Å²) in [5.41, 5.74) is 15.8. The van der Waals surface area contributed by atoms with Crippen molar-refractivity contribution in [2.45, 2.75) is 5.41 Å². The number of furan rings is 1. The minimum atomic E-state index is -0.606. The van der Waals surface area contributed by atoms with Gasteiger partial charge in [-0.2, -0.15) is 0 Å². The van der Waals surface area contributed by atoms with Crippen LogP contribution in [-0.4, -0.2) is 0 Å². The van der Waals surface area contributed by atoms with Gasteiger partial charge in [0.05, 0.1) is 15.4 Å². The molecule has 0 saturated carbocycles. The highest BCUT2D eigenvalue weighted by Crippen LogP contribution is 2.65. The van der Waals surface area contributed by atoms with Crippen LogP contribution in [0.4, 0.5) is 32.8 Å². The summed E-state index contributed by atoms with van der Waals surface area (Å²) < 4.78 is 6.85. The molecule has 5 heteroatoms. The van der Waals surface area contributed by atoms with E-state index >= 15 is 0 Å². The Balaban J connectivity index is 1.18. The molecule has 0 saturated heterocycles. The van der Waals surface area contributed by atoms with Gasteiger partial charge in [-0.15, -0.1) is 22.7 Å². The van der Waals surface area contributed by atoms with Crippen molar-refractivity contribution in [1.82, 2.24) is 0 Å². The Bertz CT molecular complexity index is 2970. The number of rotatable bonds is 6. The lowest BCUT2D eigenvalue weighted by molar-refractivity contribution is 0.669. The predicted octanol–water partition coefficient (Wildman–Crippen LogP) is 15.0. The van der Waals surface area contributed by atoms with Crippen LogP contribution in [0.15, 0.2) is 197 Å². The lowest BCUT2D eigenvalue weighted by Gasteiger charge is -2.33. The number of hydrogen-bond donors (Lipinski definition) is 0. The molecule has 0 atom stereocenters. The zero-order valence-corrected chi connectivity index (χ0v) is 31.7. The summed E-state index contributed by atoms with van der Waals surface area (Å²) in [6.07, 6.45) is 0. The van der Waals surface area contributed by atoms with Gasteiger partial charge < -0.3 is 14.2 Å². The van der Waals surface area contributed by atoms with Gasteiger partial charge in [-0.05, 0) is 129 Å². The van der Waals surface area contributed by atoms with Crippen LogP contribution in [0.25, 0.3) is 44.2 Å². The summed E-state index contributed by atoms with van der Waals surface area (Å²) in [6.45, 7) is 0. The van der Waals surface area contributed by atoms with E-state index in [1.807, 2.05) is 0 Å². The highest BCUT2D eigenvalue weighted by molar-refractivity contribution is 7.14. The van der Waals surface area contributed by atoms with Crippen LogP contribution in [-0.2, 0) is 5.41 Å². The molecule has 3 heterocycles. The molecule has 2 aliphatic rings. The minimum absolute atomic E-state index is 0.606. The van der Waals surface area contributed by atoms with Gasteiger partial charge >= 0.3 is 0 Å². The average molecular weight is 753 g/mol. The quantitative estimate of drug-likeness (QED) is 0.169. The Morgan fingerprint density at radius 2 is 0.964 bits per heavy atom. The first kappa shape index (κ1) is 31.7. The maximum atomic E-state index is 6.85. The van der Waals surface area contributed by atoms with Crippen LogP contribution in [0.1, 0.15) is 22.3 Å². The standard InChI is InChI=1S/C51H32N2OS2/c1-3-13-33(14-4-1)52(47-21-11-29-55-47)35-23-25-37-38-26-24-36(53(48-22-12-30-56-48)34-15-5-2-6-16-34)32-45(38)51(44(37)31-35)42-19-9-7-18-41(42)49-43(51)28-27-40-39-17-8-10-20-46(39)54-50(40)49/h1-32H. The molecule has 12 rings (SSSR count). The zero-order chi connectivity index (χ0) is 36.8. The van der Waals surface area contributed by atoms with Gasteiger partial charge in [0, 0.05) is 39.1 Å². The lowest BCUT2D eigenvalue weighted by atomic mass is 9.70. The van der Waals surface area contributed by atoms with Crippen molar-refractivity contribution in [3.05, 3.63) is 215 Å². The third-order valence-electron chi connectivity index (χ3n) is 11.7. The van der Waals surface area contributed by atoms with E-state index in [0.29, 0.717) is 0 Å². The van der Waals surface area contributed by atoms with E-state index in [2.05, 4.69) is 203 Å². The second-order valence-electron chi connectivity index (χ2n) is 14.5. The molecule has 264 valence electrons. The number of thiophene rings is 2. The summed E-state index contributed by atoms with van der Waals surface area (Å²) in [5, 5.41) is 8.96. The fourth-order valence-corrected chi connectivity index (χ4v) is 11.0. The van der Waals surface area contributed by atoms with Crippen LogP contribution >= 0.6 is 22.7 Å². The van der Waals surface area contributed by atoms with Crippen molar-refractivity contribution >= 4 is 77.4 Å². The van der Waals surface area contributed by atoms with E-state index < -0.39 is 5.41 Å². The summed E-state index contributed by atoms with van der Waals surface area (Å²) >= 11 is 3.51. The van der Waals surface area contributed by atoms with Gasteiger partial charge in [-0.25, -0.2) is 0 Å².